The average Bonchev–Trinajstić information content (AvgIpc) is 2.88. The molecule has 0 aliphatic rings. The Bertz CT molecular complexity index is 1450. The van der Waals surface area contributed by atoms with Crippen LogP contribution in [-0.2, 0) is 20.7 Å². The highest BCUT2D eigenvalue weighted by Gasteiger charge is 2.11. The Hall–Kier alpha value is -4.26. The van der Waals surface area contributed by atoms with Gasteiger partial charge in [0.15, 0.2) is 0 Å². The number of rotatable bonds is 13. The van der Waals surface area contributed by atoms with E-state index in [-0.39, 0.29) is 24.4 Å². The van der Waals surface area contributed by atoms with Gasteiger partial charge in [-0.05, 0) is 31.3 Å². The number of hydrogen-bond donors (Lipinski definition) is 5. The summed E-state index contributed by atoms with van der Waals surface area (Å²) in [7, 11) is -3.89. The summed E-state index contributed by atoms with van der Waals surface area (Å²) in [6.45, 7) is 1.14. The summed E-state index contributed by atoms with van der Waals surface area (Å²) in [5.41, 5.74) is 1.89. The lowest BCUT2D eigenvalue weighted by atomic mass is 10.2. The molecule has 39 heavy (non-hydrogen) atoms. The van der Waals surface area contributed by atoms with Crippen molar-refractivity contribution in [2.75, 3.05) is 55.5 Å². The van der Waals surface area contributed by atoms with Gasteiger partial charge in [-0.15, -0.1) is 12.6 Å². The minimum absolute atomic E-state index is 0.0807. The van der Waals surface area contributed by atoms with Crippen molar-refractivity contribution in [2.45, 2.75) is 0 Å². The number of hydrogen-bond acceptors (Lipinski definition) is 15. The topological polar surface area (TPSA) is 226 Å². The van der Waals surface area contributed by atoms with Crippen LogP contribution in [0.2, 0.25) is 0 Å². The Morgan fingerprint density at radius 2 is 1.46 bits per heavy atom. The lowest BCUT2D eigenvalue weighted by molar-refractivity contribution is 0.417. The molecule has 0 aliphatic heterocycles. The Morgan fingerprint density at radius 3 is 2.05 bits per heavy atom. The summed E-state index contributed by atoms with van der Waals surface area (Å²) >= 11 is 0. The van der Waals surface area contributed by atoms with E-state index >= 15 is 0 Å². The van der Waals surface area contributed by atoms with Crippen molar-refractivity contribution in [3.05, 3.63) is 48.5 Å². The molecular formula is C21H27N9O7S2. The maximum absolute atomic E-state index is 11.0. The molecule has 0 bridgehead atoms. The average molecular weight is 582 g/mol. The molecule has 0 saturated heterocycles. The predicted octanol–water partition coefficient (Wildman–Crippen LogP) is 1.97. The summed E-state index contributed by atoms with van der Waals surface area (Å²) in [5.74, 6) is 0.597. The first-order valence-corrected chi connectivity index (χ1v) is 13.7. The van der Waals surface area contributed by atoms with Gasteiger partial charge < -0.3 is 26.0 Å². The molecule has 3 rings (SSSR count). The third-order valence-electron chi connectivity index (χ3n) is 4.41. The number of anilines is 4. The normalized spacial score (nSPS) is 10.8. The summed E-state index contributed by atoms with van der Waals surface area (Å²) in [6, 6.07) is 14.6. The molecule has 16 nitrogen and oxygen atoms in total. The molecule has 0 unspecified atom stereocenters. The molecular weight excluding hydrogens is 554 g/mol. The van der Waals surface area contributed by atoms with Crippen LogP contribution >= 0.6 is 0 Å². The number of ether oxygens (including phenoxy) is 1. The number of nitrogens with zero attached hydrogens (tertiary/aromatic N) is 5. The van der Waals surface area contributed by atoms with Crippen molar-refractivity contribution in [2.24, 2.45) is 10.2 Å². The van der Waals surface area contributed by atoms with E-state index in [0.717, 1.165) is 5.69 Å². The molecule has 0 radical (unpaired) electrons. The van der Waals surface area contributed by atoms with Crippen LogP contribution in [0.1, 0.15) is 0 Å². The number of benzene rings is 2. The van der Waals surface area contributed by atoms with Gasteiger partial charge >= 0.3 is 10.6 Å². The first-order valence-electron chi connectivity index (χ1n) is 11.1. The van der Waals surface area contributed by atoms with Crippen molar-refractivity contribution >= 4 is 55.6 Å². The molecule has 0 saturated carbocycles. The van der Waals surface area contributed by atoms with E-state index in [4.69, 9.17) is 21.9 Å². The lowest BCUT2D eigenvalue weighted by Gasteiger charge is -2.13. The van der Waals surface area contributed by atoms with E-state index in [0.29, 0.717) is 30.2 Å². The van der Waals surface area contributed by atoms with Crippen LogP contribution in [0.3, 0.4) is 0 Å². The number of nitrogens with one attached hydrogen (secondary N) is 4. The molecule has 18 heteroatoms. The number of likely N-dealkylation sites (N-methyl/N-ethyl adjacent to an activating group) is 1. The Labute approximate surface area is 226 Å². The van der Waals surface area contributed by atoms with Crippen LogP contribution in [-0.4, -0.2) is 80.1 Å². The number of methoxy groups -OCH3 is 1. The minimum Gasteiger partial charge on any atom is -0.494 e. The lowest BCUT2D eigenvalue weighted by Crippen LogP contribution is -2.20. The molecule has 2 aromatic carbocycles. The van der Waals surface area contributed by atoms with Gasteiger partial charge in [0, 0.05) is 25.7 Å². The van der Waals surface area contributed by atoms with E-state index in [9.17, 15) is 8.42 Å². The minimum atomic E-state index is -4.12. The van der Waals surface area contributed by atoms with E-state index < -0.39 is 26.5 Å². The van der Waals surface area contributed by atoms with Gasteiger partial charge in [0.05, 0.1) is 29.9 Å². The highest BCUT2D eigenvalue weighted by Crippen LogP contribution is 2.32. The summed E-state index contributed by atoms with van der Waals surface area (Å²) in [5, 5.41) is 20.4. The summed E-state index contributed by atoms with van der Waals surface area (Å²) < 4.78 is 61.8. The molecule has 0 spiro atoms. The third-order valence-corrected chi connectivity index (χ3v) is 5.13. The van der Waals surface area contributed by atoms with Gasteiger partial charge in [-0.3, -0.25) is 4.55 Å². The second-order valence-corrected chi connectivity index (χ2v) is 9.28. The van der Waals surface area contributed by atoms with Crippen LogP contribution in [0, 0.1) is 0 Å². The van der Waals surface area contributed by atoms with E-state index in [2.05, 4.69) is 46.4 Å². The second kappa shape index (κ2) is 15.9. The van der Waals surface area contributed by atoms with Crippen molar-refractivity contribution < 1.29 is 30.3 Å². The molecule has 0 atom stereocenters. The van der Waals surface area contributed by atoms with E-state index in [1.165, 1.54) is 7.11 Å². The smallest absolute Gasteiger partial charge is 0.425 e. The summed E-state index contributed by atoms with van der Waals surface area (Å²) in [6.07, 6.45) is 0. The molecule has 5 N–H and O–H groups in total. The second-order valence-electron chi connectivity index (χ2n) is 7.30. The van der Waals surface area contributed by atoms with Gasteiger partial charge in [-0.25, -0.2) is 0 Å². The first-order chi connectivity index (χ1) is 18.6. The SMILES string of the molecule is CNCCNc1nc(NCCS(=O)(=O)O)nc(Nc2ccc(N=Nc3ccccc3)cc2OC)n1.O=S(=O)=O. The zero-order chi connectivity index (χ0) is 28.7. The van der Waals surface area contributed by atoms with Crippen LogP contribution in [0.15, 0.2) is 58.8 Å². The molecule has 3 aromatic rings. The van der Waals surface area contributed by atoms with E-state index in [1.54, 1.807) is 18.2 Å². The molecule has 0 fully saturated rings. The zero-order valence-electron chi connectivity index (χ0n) is 20.9. The fourth-order valence-corrected chi connectivity index (χ4v) is 3.12. The molecule has 210 valence electrons. The first kappa shape index (κ1) is 31.0. The van der Waals surface area contributed by atoms with Crippen LogP contribution in [0.5, 0.6) is 5.75 Å². The maximum atomic E-state index is 11.0. The van der Waals surface area contributed by atoms with Gasteiger partial charge in [0.25, 0.3) is 10.1 Å². The largest absolute Gasteiger partial charge is 0.494 e. The Morgan fingerprint density at radius 1 is 0.872 bits per heavy atom. The van der Waals surface area contributed by atoms with Crippen LogP contribution < -0.4 is 26.0 Å². The maximum Gasteiger partial charge on any atom is 0.425 e. The Balaban J connectivity index is 0.00000124. The third kappa shape index (κ3) is 12.7. The highest BCUT2D eigenvalue weighted by atomic mass is 32.2. The molecule has 1 aromatic heterocycles. The quantitative estimate of drug-likeness (QED) is 0.110. The van der Waals surface area contributed by atoms with Crippen molar-refractivity contribution in [3.63, 3.8) is 0 Å². The standard InChI is InChI=1S/C21H27N9O4S.O3S/c1-22-10-11-23-19-26-20(24-12-13-35(31,32)33)28-21(27-19)25-17-9-8-16(14-18(17)34-2)30-29-15-6-4-3-5-7-15;1-4(2)3/h3-9,14,22H,10-13H2,1-2H3,(H,31,32,33)(H3,23,24,25,26,27,28);. The van der Waals surface area contributed by atoms with Crippen LogP contribution in [0.4, 0.5) is 34.9 Å². The van der Waals surface area contributed by atoms with Crippen molar-refractivity contribution in [3.8, 4) is 5.75 Å². The van der Waals surface area contributed by atoms with Crippen molar-refractivity contribution in [1.29, 1.82) is 0 Å². The number of aromatic nitrogens is 3. The number of azo groups is 1. The zero-order valence-corrected chi connectivity index (χ0v) is 22.5. The molecule has 0 amide bonds. The van der Waals surface area contributed by atoms with Gasteiger partial charge in [0.2, 0.25) is 17.8 Å². The fraction of sp³-hybridized carbons (Fsp3) is 0.286. The monoisotopic (exact) mass is 581 g/mol. The Kier molecular flexibility index (Phi) is 12.6. The van der Waals surface area contributed by atoms with E-state index in [1.807, 2.05) is 37.4 Å². The van der Waals surface area contributed by atoms with Gasteiger partial charge in [-0.2, -0.15) is 33.6 Å². The molecule has 0 aliphatic carbocycles. The predicted molar refractivity (Wildman–Crippen MR) is 144 cm³/mol. The fourth-order valence-electron chi connectivity index (χ4n) is 2.76. The highest BCUT2D eigenvalue weighted by molar-refractivity contribution is 7.85. The van der Waals surface area contributed by atoms with Crippen molar-refractivity contribution in [1.82, 2.24) is 20.3 Å². The summed E-state index contributed by atoms with van der Waals surface area (Å²) in [4.78, 5) is 12.9. The van der Waals surface area contributed by atoms with Gasteiger partial charge in [-0.1, -0.05) is 18.2 Å². The van der Waals surface area contributed by atoms with Crippen LogP contribution in [0.25, 0.3) is 0 Å². The van der Waals surface area contributed by atoms with Gasteiger partial charge in [0.1, 0.15) is 5.75 Å². The molecule has 1 heterocycles.